The lowest BCUT2D eigenvalue weighted by Crippen LogP contribution is -2.13. The Balaban J connectivity index is 0.00000156. The highest BCUT2D eigenvalue weighted by Gasteiger charge is 2.15. The molecule has 118 valence electrons. The van der Waals surface area contributed by atoms with Crippen LogP contribution in [0.25, 0.3) is 32.3 Å². The van der Waals surface area contributed by atoms with E-state index in [4.69, 9.17) is 5.73 Å². The van der Waals surface area contributed by atoms with Crippen molar-refractivity contribution in [2.75, 3.05) is 0 Å². The summed E-state index contributed by atoms with van der Waals surface area (Å²) in [6.45, 7) is 4.46. The van der Waals surface area contributed by atoms with Gasteiger partial charge in [0.15, 0.2) is 0 Å². The molecule has 0 fully saturated rings. The minimum absolute atomic E-state index is 0. The fraction of sp³-hybridized carbons (Fsp3) is 0.238. The molecule has 1 atom stereocenters. The lowest BCUT2D eigenvalue weighted by atomic mass is 9.88. The molecule has 0 heterocycles. The lowest BCUT2D eigenvalue weighted by Gasteiger charge is -2.19. The molecule has 2 N–H and O–H groups in total. The number of hydrogen-bond donors (Lipinski definition) is 1. The molecule has 0 aliphatic heterocycles. The van der Waals surface area contributed by atoms with Crippen molar-refractivity contribution in [1.29, 1.82) is 0 Å². The summed E-state index contributed by atoms with van der Waals surface area (Å²) in [5.74, 6) is 0.605. The topological polar surface area (TPSA) is 26.0 Å². The Bertz CT molecular complexity index is 942. The van der Waals surface area contributed by atoms with Crippen molar-refractivity contribution in [3.63, 3.8) is 0 Å². The average molecular weight is 324 g/mol. The number of rotatable bonds is 3. The van der Waals surface area contributed by atoms with Crippen LogP contribution in [0.5, 0.6) is 0 Å². The second-order valence-electron chi connectivity index (χ2n) is 6.75. The predicted octanol–water partition coefficient (Wildman–Crippen LogP) is 6.05. The van der Waals surface area contributed by atoms with Gasteiger partial charge in [-0.2, -0.15) is 0 Å². The molecule has 0 saturated heterocycles. The van der Waals surface area contributed by atoms with Crippen molar-refractivity contribution < 1.29 is 0 Å². The molecule has 4 rings (SSSR count). The summed E-state index contributed by atoms with van der Waals surface area (Å²) in [4.78, 5) is 0. The Labute approximate surface area is 143 Å². The number of halogens is 1. The van der Waals surface area contributed by atoms with Gasteiger partial charge in [0.1, 0.15) is 0 Å². The Morgan fingerprint density at radius 2 is 1.35 bits per heavy atom. The van der Waals surface area contributed by atoms with Gasteiger partial charge in [-0.25, -0.2) is 0 Å². The van der Waals surface area contributed by atoms with Gasteiger partial charge in [-0.15, -0.1) is 12.4 Å². The highest BCUT2D eigenvalue weighted by atomic mass is 35.5. The smallest absolute Gasteiger partial charge is 0.0303 e. The summed E-state index contributed by atoms with van der Waals surface area (Å²) in [6.07, 6.45) is 1.02. The molecule has 0 unspecified atom stereocenters. The van der Waals surface area contributed by atoms with Gasteiger partial charge < -0.3 is 5.73 Å². The highest BCUT2D eigenvalue weighted by molar-refractivity contribution is 6.23. The van der Waals surface area contributed by atoms with Crippen LogP contribution in [0, 0.1) is 5.92 Å². The van der Waals surface area contributed by atoms with Crippen LogP contribution in [0.2, 0.25) is 0 Å². The first-order valence-electron chi connectivity index (χ1n) is 8.07. The molecule has 0 bridgehead atoms. The summed E-state index contributed by atoms with van der Waals surface area (Å²) < 4.78 is 0. The van der Waals surface area contributed by atoms with Gasteiger partial charge in [0.05, 0.1) is 0 Å². The van der Waals surface area contributed by atoms with Gasteiger partial charge in [-0.3, -0.25) is 0 Å². The van der Waals surface area contributed by atoms with Crippen LogP contribution in [0.4, 0.5) is 0 Å². The molecule has 0 spiro atoms. The second-order valence-corrected chi connectivity index (χ2v) is 6.75. The van der Waals surface area contributed by atoms with Crippen molar-refractivity contribution in [1.82, 2.24) is 0 Å². The van der Waals surface area contributed by atoms with Crippen LogP contribution < -0.4 is 5.73 Å². The quantitative estimate of drug-likeness (QED) is 0.456. The molecule has 0 amide bonds. The number of hydrogen-bond acceptors (Lipinski definition) is 1. The third kappa shape index (κ3) is 2.54. The maximum Gasteiger partial charge on any atom is 0.0303 e. The largest absolute Gasteiger partial charge is 0.324 e. The third-order valence-electron chi connectivity index (χ3n) is 4.69. The molecule has 4 aromatic rings. The Morgan fingerprint density at radius 1 is 0.783 bits per heavy atom. The van der Waals surface area contributed by atoms with E-state index < -0.39 is 0 Å². The van der Waals surface area contributed by atoms with Crippen LogP contribution >= 0.6 is 12.4 Å². The Hall–Kier alpha value is -1.83. The van der Waals surface area contributed by atoms with Crippen LogP contribution in [0.15, 0.2) is 54.6 Å². The van der Waals surface area contributed by atoms with E-state index in [2.05, 4.69) is 68.4 Å². The van der Waals surface area contributed by atoms with Gasteiger partial charge in [-0.1, -0.05) is 68.4 Å². The molecule has 1 nitrogen and oxygen atoms in total. The van der Waals surface area contributed by atoms with E-state index in [1.165, 1.54) is 37.9 Å². The number of nitrogens with two attached hydrogens (primary N) is 1. The SMILES string of the molecule is CC(C)C[C@@H](N)c1ccc2ccc3cccc4ccc1c2c34.Cl. The van der Waals surface area contributed by atoms with E-state index in [0.717, 1.165) is 6.42 Å². The van der Waals surface area contributed by atoms with Gasteiger partial charge in [0.2, 0.25) is 0 Å². The second kappa shape index (κ2) is 5.99. The van der Waals surface area contributed by atoms with Crippen molar-refractivity contribution in [3.8, 4) is 0 Å². The van der Waals surface area contributed by atoms with Gasteiger partial charge in [0.25, 0.3) is 0 Å². The minimum Gasteiger partial charge on any atom is -0.324 e. The summed E-state index contributed by atoms with van der Waals surface area (Å²) in [5.41, 5.74) is 7.77. The fourth-order valence-corrected chi connectivity index (χ4v) is 3.72. The monoisotopic (exact) mass is 323 g/mol. The third-order valence-corrected chi connectivity index (χ3v) is 4.69. The predicted molar refractivity (Wildman–Crippen MR) is 104 cm³/mol. The first kappa shape index (κ1) is 16.0. The van der Waals surface area contributed by atoms with Crippen LogP contribution in [0.3, 0.4) is 0 Å². The summed E-state index contributed by atoms with van der Waals surface area (Å²) in [7, 11) is 0. The molecular weight excluding hydrogens is 302 g/mol. The zero-order valence-electron chi connectivity index (χ0n) is 13.5. The highest BCUT2D eigenvalue weighted by Crippen LogP contribution is 2.37. The maximum absolute atomic E-state index is 6.49. The van der Waals surface area contributed by atoms with E-state index in [1.54, 1.807) is 0 Å². The van der Waals surface area contributed by atoms with Crippen molar-refractivity contribution in [2.24, 2.45) is 11.7 Å². The molecule has 0 aliphatic carbocycles. The first-order valence-corrected chi connectivity index (χ1v) is 8.07. The summed E-state index contributed by atoms with van der Waals surface area (Å²) in [5, 5.41) is 7.98. The van der Waals surface area contributed by atoms with E-state index in [0.29, 0.717) is 5.92 Å². The van der Waals surface area contributed by atoms with Crippen molar-refractivity contribution in [3.05, 3.63) is 60.2 Å². The zero-order chi connectivity index (χ0) is 15.3. The molecule has 0 saturated carbocycles. The van der Waals surface area contributed by atoms with Gasteiger partial charge in [0, 0.05) is 6.04 Å². The molecule has 23 heavy (non-hydrogen) atoms. The molecule has 4 aromatic carbocycles. The van der Waals surface area contributed by atoms with E-state index in [-0.39, 0.29) is 18.4 Å². The van der Waals surface area contributed by atoms with Crippen LogP contribution in [-0.4, -0.2) is 0 Å². The molecule has 0 radical (unpaired) electrons. The Kier molecular flexibility index (Phi) is 4.18. The van der Waals surface area contributed by atoms with E-state index in [1.807, 2.05) is 0 Å². The zero-order valence-corrected chi connectivity index (χ0v) is 14.4. The summed E-state index contributed by atoms with van der Waals surface area (Å²) in [6, 6.07) is 20.0. The lowest BCUT2D eigenvalue weighted by molar-refractivity contribution is 0.512. The van der Waals surface area contributed by atoms with E-state index >= 15 is 0 Å². The van der Waals surface area contributed by atoms with Crippen LogP contribution in [-0.2, 0) is 0 Å². The van der Waals surface area contributed by atoms with Crippen molar-refractivity contribution in [2.45, 2.75) is 26.3 Å². The molecular formula is C21H22ClN. The average Bonchev–Trinajstić information content (AvgIpc) is 2.51. The van der Waals surface area contributed by atoms with Gasteiger partial charge in [-0.05, 0) is 50.2 Å². The maximum atomic E-state index is 6.49. The molecule has 0 aliphatic rings. The van der Waals surface area contributed by atoms with E-state index in [9.17, 15) is 0 Å². The first-order chi connectivity index (χ1) is 10.6. The fourth-order valence-electron chi connectivity index (χ4n) is 3.72. The van der Waals surface area contributed by atoms with Gasteiger partial charge >= 0.3 is 0 Å². The standard InChI is InChI=1S/C21H21N.ClH/c1-13(2)12-19(22)17-10-8-16-7-6-14-4-3-5-15-9-11-18(17)21(16)20(14)15;/h3-11,13,19H,12,22H2,1-2H3;1H/t19-;/m1./s1. The normalized spacial score (nSPS) is 13.0. The number of benzene rings is 4. The van der Waals surface area contributed by atoms with Crippen molar-refractivity contribution >= 4 is 44.7 Å². The minimum atomic E-state index is 0. The Morgan fingerprint density at radius 3 is 2.00 bits per heavy atom. The summed E-state index contributed by atoms with van der Waals surface area (Å²) >= 11 is 0. The van der Waals surface area contributed by atoms with Crippen LogP contribution in [0.1, 0.15) is 31.9 Å². The molecule has 0 aromatic heterocycles. The molecule has 2 heteroatoms.